The van der Waals surface area contributed by atoms with Crippen LogP contribution in [0, 0.1) is 0 Å². The molecule has 0 amide bonds. The number of hydrogen-bond donors (Lipinski definition) is 0. The van der Waals surface area contributed by atoms with Gasteiger partial charge in [0.25, 0.3) is 0 Å². The summed E-state index contributed by atoms with van der Waals surface area (Å²) in [5.41, 5.74) is 0. The third kappa shape index (κ3) is 4.90. The lowest BCUT2D eigenvalue weighted by atomic mass is 9.98. The molecule has 3 rings (SSSR count). The smallest absolute Gasteiger partial charge is 0.257 e. The molecule has 0 aliphatic heterocycles. The third-order valence-corrected chi connectivity index (χ3v) is 11.1. The summed E-state index contributed by atoms with van der Waals surface area (Å²) >= 11 is 0. The van der Waals surface area contributed by atoms with Crippen molar-refractivity contribution in [1.82, 2.24) is 0 Å². The predicted octanol–water partition coefficient (Wildman–Crippen LogP) is 9.00. The molecule has 3 aromatic rings. The van der Waals surface area contributed by atoms with Gasteiger partial charge in [-0.1, -0.05) is 54.6 Å². The van der Waals surface area contributed by atoms with Crippen LogP contribution in [0.15, 0.2) is 106 Å². The molecule has 0 heterocycles. The molecule has 0 spiro atoms. The van der Waals surface area contributed by atoms with Crippen LogP contribution in [-0.4, -0.2) is 47.2 Å². The molecule has 0 unspecified atom stereocenters. The van der Waals surface area contributed by atoms with E-state index in [9.17, 15) is 56.7 Å². The molecule has 0 aromatic heterocycles. The van der Waals surface area contributed by atoms with Gasteiger partial charge < -0.3 is 0 Å². The maximum atomic E-state index is 15.0. The lowest BCUT2D eigenvalue weighted by molar-refractivity contribution is -0.433. The molecule has 1 N–H and O–H groups in total. The number of rotatable bonds is 10. The van der Waals surface area contributed by atoms with Crippen molar-refractivity contribution in [1.29, 1.82) is 0 Å². The molecule has 3 nitrogen and oxygen atoms in total. The van der Waals surface area contributed by atoms with Gasteiger partial charge in [-0.3, -0.25) is 3.63 Å². The fourth-order valence-corrected chi connectivity index (χ4v) is 9.01. The van der Waals surface area contributed by atoms with E-state index in [0.717, 1.165) is 36.4 Å². The first-order chi connectivity index (χ1) is 19.0. The first-order valence-electron chi connectivity index (χ1n) is 11.0. The second kappa shape index (κ2) is 10.6. The summed E-state index contributed by atoms with van der Waals surface area (Å²) in [5, 5.41) is -7.47. The van der Waals surface area contributed by atoms with E-state index in [2.05, 4.69) is 3.63 Å². The van der Waals surface area contributed by atoms with Crippen molar-refractivity contribution in [3.05, 3.63) is 91.0 Å². The van der Waals surface area contributed by atoms with Crippen molar-refractivity contribution in [3.63, 3.8) is 0 Å². The Hall–Kier alpha value is -2.99. The van der Waals surface area contributed by atoms with E-state index in [1.165, 1.54) is 54.6 Å². The van der Waals surface area contributed by atoms with Gasteiger partial charge in [0.05, 0.1) is 25.0 Å². The van der Waals surface area contributed by atoms with Gasteiger partial charge >= 0.3 is 45.2 Å². The molecule has 18 heteroatoms. The molecule has 0 aliphatic carbocycles. The van der Waals surface area contributed by atoms with Gasteiger partial charge in [-0.15, -0.1) is 8.42 Å². The van der Waals surface area contributed by atoms with Gasteiger partial charge in [-0.2, -0.15) is 57.1 Å². The Morgan fingerprint density at radius 1 is 0.429 bits per heavy atom. The highest BCUT2D eigenvalue weighted by Crippen LogP contribution is 2.70. The molecule has 0 aliphatic rings. The molecule has 42 heavy (non-hydrogen) atoms. The Labute approximate surface area is 230 Å². The van der Waals surface area contributed by atoms with E-state index in [4.69, 9.17) is 0 Å². The fraction of sp³-hybridized carbons (Fsp3) is 0.250. The average molecular weight is 663 g/mol. The van der Waals surface area contributed by atoms with Crippen molar-refractivity contribution in [2.75, 3.05) is 0 Å². The summed E-state index contributed by atoms with van der Waals surface area (Å²) in [7, 11) is -11.6. The molecule has 0 saturated heterocycles. The predicted molar refractivity (Wildman–Crippen MR) is 124 cm³/mol. The number of halogens is 13. The van der Waals surface area contributed by atoms with Crippen molar-refractivity contribution in [3.8, 4) is 0 Å². The van der Waals surface area contributed by atoms with Gasteiger partial charge in [-0.05, 0) is 36.4 Å². The van der Waals surface area contributed by atoms with Crippen molar-refractivity contribution >= 4 is 20.4 Å². The maximum absolute atomic E-state index is 15.0. The van der Waals surface area contributed by atoms with Gasteiger partial charge in [0.15, 0.2) is 0 Å². The topological polar surface area (TPSA) is 46.9 Å². The van der Waals surface area contributed by atoms with Gasteiger partial charge in [-0.25, -0.2) is 0 Å². The van der Waals surface area contributed by atoms with E-state index in [1.807, 2.05) is 0 Å². The van der Waals surface area contributed by atoms with E-state index in [0.29, 0.717) is 0 Å². The second-order valence-electron chi connectivity index (χ2n) is 8.38. The van der Waals surface area contributed by atoms with Gasteiger partial charge in [0.1, 0.15) is 0 Å². The summed E-state index contributed by atoms with van der Waals surface area (Å²) in [6.45, 7) is 0. The van der Waals surface area contributed by atoms with Crippen LogP contribution in [-0.2, 0) is 10.1 Å². The molecule has 0 saturated carbocycles. The van der Waals surface area contributed by atoms with Crippen LogP contribution >= 0.6 is 10.3 Å². The highest BCUT2D eigenvalue weighted by atomic mass is 32.3. The monoisotopic (exact) mass is 663 g/mol. The van der Waals surface area contributed by atoms with Crippen molar-refractivity contribution < 1.29 is 69.1 Å². The SMILES string of the molecule is O=S(=O)([OH+]S(c1ccccc1)(c1ccccc1)c1ccccc1)C(F)(F)C(F)(F)C(F)(F)C(F)(F)C(F)(F)C(F)(F)F. The standard InChI is InChI=1S/C24H15F13O3S2/c25-19(26,21(29,30)23(33,34)35)20(27,28)22(31,32)24(36,37)42(38,39)40-41(16-10-4-1-5-11-16,17-12-6-2-7-13-17)18-14-8-3-9-15-18/h1-15H/p+1. The Balaban J connectivity index is 2.30. The molecular formula is C24H16F13O3S2+. The first-order valence-corrected chi connectivity index (χ1v) is 14.0. The Morgan fingerprint density at radius 2 is 0.714 bits per heavy atom. The van der Waals surface area contributed by atoms with Gasteiger partial charge in [0, 0.05) is 0 Å². The minimum absolute atomic E-state index is 0.286. The fourth-order valence-electron chi connectivity index (χ4n) is 3.50. The van der Waals surface area contributed by atoms with E-state index in [-0.39, 0.29) is 14.7 Å². The van der Waals surface area contributed by atoms with Gasteiger partial charge in [0.2, 0.25) is 0 Å². The maximum Gasteiger partial charge on any atom is 0.486 e. The van der Waals surface area contributed by atoms with Crippen LogP contribution in [0.4, 0.5) is 57.1 Å². The minimum Gasteiger partial charge on any atom is -0.257 e. The molecule has 0 bridgehead atoms. The molecule has 0 atom stereocenters. The van der Waals surface area contributed by atoms with Crippen molar-refractivity contribution in [2.24, 2.45) is 0 Å². The van der Waals surface area contributed by atoms with Crippen LogP contribution in [0.1, 0.15) is 0 Å². The van der Waals surface area contributed by atoms with Crippen LogP contribution in [0.5, 0.6) is 0 Å². The Kier molecular flexibility index (Phi) is 8.48. The molecular weight excluding hydrogens is 647 g/mol. The summed E-state index contributed by atoms with van der Waals surface area (Å²) in [4.78, 5) is -0.859. The average Bonchev–Trinajstić information content (AvgIpc) is 2.92. The zero-order valence-electron chi connectivity index (χ0n) is 20.2. The zero-order valence-corrected chi connectivity index (χ0v) is 21.8. The van der Waals surface area contributed by atoms with Crippen LogP contribution in [0.25, 0.3) is 0 Å². The molecule has 0 fully saturated rings. The lowest BCUT2D eigenvalue weighted by Crippen LogP contribution is -2.71. The molecule has 232 valence electrons. The minimum atomic E-state index is -8.30. The lowest BCUT2D eigenvalue weighted by Gasteiger charge is -2.40. The highest BCUT2D eigenvalue weighted by Gasteiger charge is 2.94. The summed E-state index contributed by atoms with van der Waals surface area (Å²) in [6.07, 6.45) is -7.64. The summed E-state index contributed by atoms with van der Waals surface area (Å²) < 4.78 is 208. The first kappa shape index (κ1) is 33.5. The third-order valence-electron chi connectivity index (χ3n) is 5.69. The zero-order chi connectivity index (χ0) is 32.0. The summed E-state index contributed by atoms with van der Waals surface area (Å²) in [5.74, 6) is -32.6. The second-order valence-corrected chi connectivity index (χ2v) is 13.0. The number of hydrogen-bond acceptors (Lipinski definition) is 2. The Bertz CT molecular complexity index is 1380. The van der Waals surface area contributed by atoms with E-state index < -0.39 is 55.5 Å². The van der Waals surface area contributed by atoms with Crippen LogP contribution in [0.3, 0.4) is 0 Å². The largest absolute Gasteiger partial charge is 0.486 e. The molecule has 3 aromatic carbocycles. The van der Waals surface area contributed by atoms with Crippen molar-refractivity contribution in [2.45, 2.75) is 49.8 Å². The highest BCUT2D eigenvalue weighted by molar-refractivity contribution is 8.32. The Morgan fingerprint density at radius 3 is 1.00 bits per heavy atom. The summed E-state index contributed by atoms with van der Waals surface area (Å²) in [6, 6.07) is 18.0. The van der Waals surface area contributed by atoms with E-state index in [1.54, 1.807) is 0 Å². The van der Waals surface area contributed by atoms with Crippen LogP contribution < -0.4 is 0 Å². The normalized spacial score (nSPS) is 15.0. The van der Waals surface area contributed by atoms with Crippen LogP contribution in [0.2, 0.25) is 0 Å². The number of alkyl halides is 13. The molecule has 0 radical (unpaired) electrons. The quantitative estimate of drug-likeness (QED) is 0.124. The van der Waals surface area contributed by atoms with E-state index >= 15 is 8.78 Å². The number of benzene rings is 3.